The van der Waals surface area contributed by atoms with Crippen LogP contribution in [0, 0.1) is 13.8 Å². The quantitative estimate of drug-likeness (QED) is 0.228. The number of hydrogen-bond donors (Lipinski definition) is 0. The molecular formula is C39H35NO. The average molecular weight is 534 g/mol. The fourth-order valence-electron chi connectivity index (χ4n) is 6.74. The number of ether oxygens (including phenoxy) is 1. The van der Waals surface area contributed by atoms with Gasteiger partial charge in [0, 0.05) is 17.8 Å². The lowest BCUT2D eigenvalue weighted by atomic mass is 9.76. The highest BCUT2D eigenvalue weighted by atomic mass is 16.5. The van der Waals surface area contributed by atoms with Crippen LogP contribution in [0.2, 0.25) is 0 Å². The predicted octanol–water partition coefficient (Wildman–Crippen LogP) is 9.74. The molecule has 2 heteroatoms. The highest BCUT2D eigenvalue weighted by molar-refractivity contribution is 5.74. The first-order chi connectivity index (χ1) is 19.9. The third-order valence-corrected chi connectivity index (χ3v) is 8.98. The van der Waals surface area contributed by atoms with E-state index in [9.17, 15) is 0 Å². The molecule has 0 N–H and O–H groups in total. The second-order valence-electron chi connectivity index (χ2n) is 12.0. The van der Waals surface area contributed by atoms with Crippen LogP contribution in [-0.2, 0) is 12.0 Å². The SMILES string of the molecule is Cc1cc(C)c2c(c1)C=CC1(O2)N(Cc2ccc(-c3ccc(-c4ccccc4)cc3)cc2)c2ccccc2C1(C)C. The molecule has 0 saturated carbocycles. The maximum atomic E-state index is 7.13. The van der Waals surface area contributed by atoms with Crippen LogP contribution < -0.4 is 9.64 Å². The van der Waals surface area contributed by atoms with Gasteiger partial charge in [-0.2, -0.15) is 0 Å². The largest absolute Gasteiger partial charge is 0.462 e. The van der Waals surface area contributed by atoms with E-state index in [1.54, 1.807) is 0 Å². The first-order valence-corrected chi connectivity index (χ1v) is 14.5. The molecule has 7 rings (SSSR count). The van der Waals surface area contributed by atoms with E-state index in [-0.39, 0.29) is 5.41 Å². The van der Waals surface area contributed by atoms with Gasteiger partial charge < -0.3 is 9.64 Å². The van der Waals surface area contributed by atoms with Gasteiger partial charge in [-0.1, -0.05) is 109 Å². The zero-order chi connectivity index (χ0) is 28.2. The molecule has 0 fully saturated rings. The van der Waals surface area contributed by atoms with E-state index in [1.165, 1.54) is 50.2 Å². The number of benzene rings is 5. The van der Waals surface area contributed by atoms with Gasteiger partial charge in [-0.05, 0) is 90.9 Å². The fourth-order valence-corrected chi connectivity index (χ4v) is 6.74. The number of nitrogens with zero attached hydrogens (tertiary/aromatic N) is 1. The molecule has 41 heavy (non-hydrogen) atoms. The summed E-state index contributed by atoms with van der Waals surface area (Å²) >= 11 is 0. The molecule has 0 aromatic heterocycles. The van der Waals surface area contributed by atoms with Crippen molar-refractivity contribution in [3.8, 4) is 28.0 Å². The summed E-state index contributed by atoms with van der Waals surface area (Å²) in [6, 6.07) is 41.6. The minimum Gasteiger partial charge on any atom is -0.462 e. The fraction of sp³-hybridized carbons (Fsp3) is 0.179. The predicted molar refractivity (Wildman–Crippen MR) is 171 cm³/mol. The molecule has 0 radical (unpaired) electrons. The van der Waals surface area contributed by atoms with Gasteiger partial charge in [-0.15, -0.1) is 0 Å². The normalized spacial score (nSPS) is 18.2. The van der Waals surface area contributed by atoms with E-state index < -0.39 is 5.72 Å². The summed E-state index contributed by atoms with van der Waals surface area (Å²) in [6.45, 7) is 9.68. The molecule has 0 saturated heterocycles. The summed E-state index contributed by atoms with van der Waals surface area (Å²) in [5.41, 5.74) is 11.4. The molecule has 1 atom stereocenters. The number of rotatable bonds is 4. The van der Waals surface area contributed by atoms with Crippen molar-refractivity contribution in [2.24, 2.45) is 0 Å². The summed E-state index contributed by atoms with van der Waals surface area (Å²) in [4.78, 5) is 2.46. The lowest BCUT2D eigenvalue weighted by Gasteiger charge is -2.47. The van der Waals surface area contributed by atoms with Gasteiger partial charge in [0.05, 0.1) is 5.41 Å². The van der Waals surface area contributed by atoms with Crippen molar-refractivity contribution in [3.05, 3.63) is 149 Å². The Labute approximate surface area is 243 Å². The maximum Gasteiger partial charge on any atom is 0.212 e. The summed E-state index contributed by atoms with van der Waals surface area (Å²) in [5, 5.41) is 0. The van der Waals surface area contributed by atoms with Gasteiger partial charge >= 0.3 is 0 Å². The molecule has 2 aliphatic heterocycles. The van der Waals surface area contributed by atoms with Crippen LogP contribution >= 0.6 is 0 Å². The summed E-state index contributed by atoms with van der Waals surface area (Å²) < 4.78 is 7.13. The van der Waals surface area contributed by atoms with Gasteiger partial charge in [-0.3, -0.25) is 0 Å². The van der Waals surface area contributed by atoms with Crippen molar-refractivity contribution in [1.82, 2.24) is 0 Å². The van der Waals surface area contributed by atoms with E-state index in [1.807, 2.05) is 0 Å². The Kier molecular flexibility index (Phi) is 5.90. The van der Waals surface area contributed by atoms with Crippen molar-refractivity contribution >= 4 is 11.8 Å². The van der Waals surface area contributed by atoms with Crippen LogP contribution in [0.4, 0.5) is 5.69 Å². The highest BCUT2D eigenvalue weighted by Gasteiger charge is 2.58. The van der Waals surface area contributed by atoms with Crippen LogP contribution in [0.1, 0.15) is 41.7 Å². The minimum atomic E-state index is -0.629. The Hall–Kier alpha value is -4.56. The van der Waals surface area contributed by atoms with Crippen LogP contribution in [0.5, 0.6) is 5.75 Å². The Bertz CT molecular complexity index is 1760. The molecule has 1 unspecified atom stereocenters. The summed E-state index contributed by atoms with van der Waals surface area (Å²) in [7, 11) is 0. The van der Waals surface area contributed by atoms with Crippen molar-refractivity contribution in [2.75, 3.05) is 4.90 Å². The summed E-state index contributed by atoms with van der Waals surface area (Å²) in [6.07, 6.45) is 4.55. The van der Waals surface area contributed by atoms with Crippen LogP contribution in [0.15, 0.2) is 121 Å². The third-order valence-electron chi connectivity index (χ3n) is 8.98. The first-order valence-electron chi connectivity index (χ1n) is 14.5. The average Bonchev–Trinajstić information content (AvgIpc) is 3.17. The Morgan fingerprint density at radius 1 is 0.659 bits per heavy atom. The zero-order valence-electron chi connectivity index (χ0n) is 24.2. The van der Waals surface area contributed by atoms with Gasteiger partial charge in [0.25, 0.3) is 0 Å². The van der Waals surface area contributed by atoms with Gasteiger partial charge in [-0.25, -0.2) is 0 Å². The number of para-hydroxylation sites is 1. The van der Waals surface area contributed by atoms with Crippen molar-refractivity contribution in [3.63, 3.8) is 0 Å². The molecule has 1 spiro atoms. The van der Waals surface area contributed by atoms with Crippen LogP contribution in [0.3, 0.4) is 0 Å². The van der Waals surface area contributed by atoms with Gasteiger partial charge in [0.15, 0.2) is 0 Å². The Morgan fingerprint density at radius 3 is 1.93 bits per heavy atom. The molecule has 202 valence electrons. The standard InChI is InChI=1S/C39H35NO/c1-27-24-28(2)37-34(25-27)22-23-39(41-37)38(3,4)35-12-8-9-13-36(35)40(39)26-29-14-16-31(17-15-29)33-20-18-32(19-21-33)30-10-6-5-7-11-30/h5-25H,26H2,1-4H3. The van der Waals surface area contributed by atoms with Gasteiger partial charge in [0.2, 0.25) is 5.72 Å². The number of aryl methyl sites for hydroxylation is 2. The summed E-state index contributed by atoms with van der Waals surface area (Å²) in [5.74, 6) is 0.985. The maximum absolute atomic E-state index is 7.13. The second-order valence-corrected chi connectivity index (χ2v) is 12.0. The second kappa shape index (κ2) is 9.52. The third kappa shape index (κ3) is 4.09. The zero-order valence-corrected chi connectivity index (χ0v) is 24.2. The van der Waals surface area contributed by atoms with Gasteiger partial charge in [0.1, 0.15) is 5.75 Å². The molecule has 5 aromatic rings. The number of anilines is 1. The van der Waals surface area contributed by atoms with Crippen LogP contribution in [0.25, 0.3) is 28.3 Å². The number of hydrogen-bond acceptors (Lipinski definition) is 2. The number of fused-ring (bicyclic) bond motifs is 2. The molecule has 0 amide bonds. The van der Waals surface area contributed by atoms with E-state index in [0.717, 1.165) is 17.9 Å². The Balaban J connectivity index is 1.22. The van der Waals surface area contributed by atoms with E-state index in [2.05, 4.69) is 160 Å². The van der Waals surface area contributed by atoms with E-state index >= 15 is 0 Å². The van der Waals surface area contributed by atoms with Crippen molar-refractivity contribution < 1.29 is 4.74 Å². The lowest BCUT2D eigenvalue weighted by Crippen LogP contribution is -2.59. The minimum absolute atomic E-state index is 0.254. The molecule has 5 aromatic carbocycles. The molecule has 2 aliphatic rings. The van der Waals surface area contributed by atoms with Crippen molar-refractivity contribution in [1.29, 1.82) is 0 Å². The van der Waals surface area contributed by atoms with Crippen LogP contribution in [-0.4, -0.2) is 5.72 Å². The molecule has 0 bridgehead atoms. The molecule has 2 nitrogen and oxygen atoms in total. The van der Waals surface area contributed by atoms with E-state index in [4.69, 9.17) is 4.74 Å². The Morgan fingerprint density at radius 2 is 1.24 bits per heavy atom. The monoisotopic (exact) mass is 533 g/mol. The topological polar surface area (TPSA) is 12.5 Å². The smallest absolute Gasteiger partial charge is 0.212 e. The van der Waals surface area contributed by atoms with E-state index in [0.29, 0.717) is 0 Å². The molecular weight excluding hydrogens is 498 g/mol. The van der Waals surface area contributed by atoms with Crippen molar-refractivity contribution in [2.45, 2.75) is 45.4 Å². The molecule has 0 aliphatic carbocycles. The lowest BCUT2D eigenvalue weighted by molar-refractivity contribution is 0.0514. The molecule has 2 heterocycles. The first kappa shape index (κ1) is 25.4. The highest BCUT2D eigenvalue weighted by Crippen LogP contribution is 2.55.